The van der Waals surface area contributed by atoms with Crippen molar-refractivity contribution in [3.8, 4) is 0 Å². The third-order valence-electron chi connectivity index (χ3n) is 3.74. The van der Waals surface area contributed by atoms with Crippen LogP contribution in [0.15, 0.2) is 6.07 Å². The van der Waals surface area contributed by atoms with Gasteiger partial charge in [0.1, 0.15) is 0 Å². The van der Waals surface area contributed by atoms with Crippen LogP contribution in [0.5, 0.6) is 0 Å². The Morgan fingerprint density at radius 3 is 2.63 bits per heavy atom. The number of aromatic nitrogens is 1. The third kappa shape index (κ3) is 3.38. The molecule has 1 saturated heterocycles. The number of rotatable bonds is 5. The molecule has 2 rings (SSSR count). The van der Waals surface area contributed by atoms with E-state index in [1.807, 2.05) is 19.9 Å². The number of hydrogen-bond acceptors (Lipinski definition) is 3. The molecule has 0 N–H and O–H groups in total. The van der Waals surface area contributed by atoms with Crippen LogP contribution in [0.4, 0.5) is 0 Å². The quantitative estimate of drug-likeness (QED) is 0.611. The zero-order valence-electron chi connectivity index (χ0n) is 11.6. The molecule has 2 heterocycles. The molecule has 0 spiro atoms. The number of morpholine rings is 1. The van der Waals surface area contributed by atoms with Crippen molar-refractivity contribution in [3.05, 3.63) is 23.0 Å². The predicted octanol–water partition coefficient (Wildman–Crippen LogP) is 1.86. The second-order valence-electron chi connectivity index (χ2n) is 4.95. The van der Waals surface area contributed by atoms with E-state index >= 15 is 0 Å². The number of carbonyl (C=O) groups is 1. The van der Waals surface area contributed by atoms with Gasteiger partial charge in [-0.1, -0.05) is 0 Å². The lowest BCUT2D eigenvalue weighted by molar-refractivity contribution is 0.0363. The highest BCUT2D eigenvalue weighted by Gasteiger charge is 2.16. The molecule has 0 unspecified atom stereocenters. The molecule has 5 heteroatoms. The third-order valence-corrected chi connectivity index (χ3v) is 3.98. The van der Waals surface area contributed by atoms with Crippen molar-refractivity contribution in [2.75, 3.05) is 38.7 Å². The van der Waals surface area contributed by atoms with Crippen LogP contribution in [-0.2, 0) is 11.3 Å². The van der Waals surface area contributed by atoms with Gasteiger partial charge in [0.15, 0.2) is 5.78 Å². The number of aryl methyl sites for hydroxylation is 1. The SMILES string of the molecule is Cc1cc(C(=O)CCl)c(C)n1CCN1CCOCC1. The Morgan fingerprint density at radius 2 is 2.00 bits per heavy atom. The standard InChI is InChI=1S/C14H21ClN2O2/c1-11-9-13(14(18)10-15)12(2)17(11)4-3-16-5-7-19-8-6-16/h9H,3-8,10H2,1-2H3. The van der Waals surface area contributed by atoms with Gasteiger partial charge in [-0.05, 0) is 19.9 Å². The van der Waals surface area contributed by atoms with Crippen molar-refractivity contribution in [3.63, 3.8) is 0 Å². The minimum Gasteiger partial charge on any atom is -0.379 e. The molecule has 1 aromatic rings. The van der Waals surface area contributed by atoms with Crippen molar-refractivity contribution >= 4 is 17.4 Å². The first-order valence-electron chi connectivity index (χ1n) is 6.69. The Balaban J connectivity index is 2.03. The molecule has 1 aliphatic heterocycles. The van der Waals surface area contributed by atoms with Gasteiger partial charge in [0, 0.05) is 43.1 Å². The van der Waals surface area contributed by atoms with E-state index in [2.05, 4.69) is 9.47 Å². The molecule has 0 atom stereocenters. The number of hydrogen-bond donors (Lipinski definition) is 0. The number of carbonyl (C=O) groups excluding carboxylic acids is 1. The maximum Gasteiger partial charge on any atom is 0.179 e. The van der Waals surface area contributed by atoms with E-state index in [-0.39, 0.29) is 11.7 Å². The smallest absolute Gasteiger partial charge is 0.179 e. The fourth-order valence-corrected chi connectivity index (χ4v) is 2.71. The Labute approximate surface area is 119 Å². The Bertz CT molecular complexity index is 451. The molecule has 106 valence electrons. The van der Waals surface area contributed by atoms with Gasteiger partial charge >= 0.3 is 0 Å². The number of ether oxygens (including phenoxy) is 1. The van der Waals surface area contributed by atoms with Gasteiger partial charge < -0.3 is 9.30 Å². The highest BCUT2D eigenvalue weighted by atomic mass is 35.5. The fraction of sp³-hybridized carbons (Fsp3) is 0.643. The summed E-state index contributed by atoms with van der Waals surface area (Å²) in [6, 6.07) is 1.94. The highest BCUT2D eigenvalue weighted by molar-refractivity contribution is 6.30. The molecule has 1 aliphatic rings. The van der Waals surface area contributed by atoms with Crippen LogP contribution in [0.2, 0.25) is 0 Å². The topological polar surface area (TPSA) is 34.5 Å². The summed E-state index contributed by atoms with van der Waals surface area (Å²) in [7, 11) is 0. The van der Waals surface area contributed by atoms with Gasteiger partial charge in [-0.3, -0.25) is 9.69 Å². The summed E-state index contributed by atoms with van der Waals surface area (Å²) in [6.45, 7) is 9.56. The Morgan fingerprint density at radius 1 is 1.32 bits per heavy atom. The van der Waals surface area contributed by atoms with Gasteiger partial charge in [0.25, 0.3) is 0 Å². The van der Waals surface area contributed by atoms with Crippen LogP contribution < -0.4 is 0 Å². The van der Waals surface area contributed by atoms with E-state index in [9.17, 15) is 4.79 Å². The van der Waals surface area contributed by atoms with Crippen molar-refractivity contribution in [1.29, 1.82) is 0 Å². The monoisotopic (exact) mass is 284 g/mol. The van der Waals surface area contributed by atoms with Crippen molar-refractivity contribution < 1.29 is 9.53 Å². The minimum absolute atomic E-state index is 0.00684. The molecule has 1 aromatic heterocycles. The van der Waals surface area contributed by atoms with E-state index in [4.69, 9.17) is 16.3 Å². The van der Waals surface area contributed by atoms with Crippen LogP contribution >= 0.6 is 11.6 Å². The van der Waals surface area contributed by atoms with Gasteiger partial charge in [-0.15, -0.1) is 11.6 Å². The summed E-state index contributed by atoms with van der Waals surface area (Å²) < 4.78 is 7.55. The van der Waals surface area contributed by atoms with Gasteiger partial charge in [-0.2, -0.15) is 0 Å². The van der Waals surface area contributed by atoms with Crippen molar-refractivity contribution in [2.24, 2.45) is 0 Å². The molecule has 0 amide bonds. The Hall–Kier alpha value is -0.840. The lowest BCUT2D eigenvalue weighted by Gasteiger charge is -2.27. The van der Waals surface area contributed by atoms with Gasteiger partial charge in [0.2, 0.25) is 0 Å². The molecule has 0 aromatic carbocycles. The molecular formula is C14H21ClN2O2. The van der Waals surface area contributed by atoms with Crippen molar-refractivity contribution in [2.45, 2.75) is 20.4 Å². The van der Waals surface area contributed by atoms with E-state index < -0.39 is 0 Å². The normalized spacial score (nSPS) is 16.8. The first kappa shape index (κ1) is 14.6. The number of Topliss-reactive ketones (excluding diaryl/α,β-unsaturated/α-hetero) is 1. The molecule has 0 bridgehead atoms. The molecule has 0 radical (unpaired) electrons. The van der Waals surface area contributed by atoms with E-state index in [1.54, 1.807) is 0 Å². The predicted molar refractivity (Wildman–Crippen MR) is 76.2 cm³/mol. The van der Waals surface area contributed by atoms with Crippen LogP contribution in [-0.4, -0.2) is 54.0 Å². The zero-order chi connectivity index (χ0) is 13.8. The fourth-order valence-electron chi connectivity index (χ4n) is 2.57. The summed E-state index contributed by atoms with van der Waals surface area (Å²) in [4.78, 5) is 14.1. The number of nitrogens with zero attached hydrogens (tertiary/aromatic N) is 2. The second-order valence-corrected chi connectivity index (χ2v) is 5.21. The van der Waals surface area contributed by atoms with Crippen LogP contribution in [0.1, 0.15) is 21.7 Å². The number of ketones is 1. The van der Waals surface area contributed by atoms with Crippen LogP contribution in [0, 0.1) is 13.8 Å². The molecule has 4 nitrogen and oxygen atoms in total. The summed E-state index contributed by atoms with van der Waals surface area (Å²) in [5.74, 6) is 0.0562. The summed E-state index contributed by atoms with van der Waals surface area (Å²) >= 11 is 5.64. The summed E-state index contributed by atoms with van der Waals surface area (Å²) in [6.07, 6.45) is 0. The minimum atomic E-state index is 0.00684. The highest BCUT2D eigenvalue weighted by Crippen LogP contribution is 2.16. The zero-order valence-corrected chi connectivity index (χ0v) is 12.4. The van der Waals surface area contributed by atoms with Crippen LogP contribution in [0.3, 0.4) is 0 Å². The first-order valence-corrected chi connectivity index (χ1v) is 7.23. The second kappa shape index (κ2) is 6.55. The number of halogens is 1. The van der Waals surface area contributed by atoms with Gasteiger partial charge in [0.05, 0.1) is 19.1 Å². The lowest BCUT2D eigenvalue weighted by atomic mass is 10.2. The Kier molecular flexibility index (Phi) is 5.02. The molecule has 0 saturated carbocycles. The van der Waals surface area contributed by atoms with Crippen molar-refractivity contribution in [1.82, 2.24) is 9.47 Å². The number of alkyl halides is 1. The lowest BCUT2D eigenvalue weighted by Crippen LogP contribution is -2.38. The maximum absolute atomic E-state index is 11.7. The molecule has 1 fully saturated rings. The van der Waals surface area contributed by atoms with E-state index in [0.717, 1.165) is 56.3 Å². The molecular weight excluding hydrogens is 264 g/mol. The average molecular weight is 285 g/mol. The average Bonchev–Trinajstić information content (AvgIpc) is 2.72. The van der Waals surface area contributed by atoms with E-state index in [1.165, 1.54) is 0 Å². The molecule has 19 heavy (non-hydrogen) atoms. The van der Waals surface area contributed by atoms with Gasteiger partial charge in [-0.25, -0.2) is 0 Å². The van der Waals surface area contributed by atoms with E-state index in [0.29, 0.717) is 0 Å². The summed E-state index contributed by atoms with van der Waals surface area (Å²) in [5, 5.41) is 0. The van der Waals surface area contributed by atoms with Crippen LogP contribution in [0.25, 0.3) is 0 Å². The largest absolute Gasteiger partial charge is 0.379 e. The molecule has 0 aliphatic carbocycles. The summed E-state index contributed by atoms with van der Waals surface area (Å²) in [5.41, 5.74) is 2.91. The maximum atomic E-state index is 11.7. The first-order chi connectivity index (χ1) is 9.13.